The number of carbonyl (C=O) groups is 1. The summed E-state index contributed by atoms with van der Waals surface area (Å²) in [5, 5.41) is 21.1. The second-order valence-corrected chi connectivity index (χ2v) is 4.01. The molecule has 0 fully saturated rings. The lowest BCUT2D eigenvalue weighted by molar-refractivity contribution is -0.384. The van der Waals surface area contributed by atoms with E-state index in [-0.39, 0.29) is 11.4 Å². The van der Waals surface area contributed by atoms with Gasteiger partial charge in [-0.1, -0.05) is 0 Å². The second-order valence-electron chi connectivity index (χ2n) is 3.15. The number of carboxylic acid groups (broad SMARTS) is 1. The molecule has 86 valence electrons. The van der Waals surface area contributed by atoms with E-state index in [0.717, 1.165) is 0 Å². The summed E-state index contributed by atoms with van der Waals surface area (Å²) in [5.74, 6) is -1.09. The zero-order valence-corrected chi connectivity index (χ0v) is 9.18. The molecule has 0 atom stereocenters. The summed E-state index contributed by atoms with van der Waals surface area (Å²) >= 11 is 1.18. The number of nitro groups is 1. The molecule has 2 aromatic rings. The van der Waals surface area contributed by atoms with Crippen LogP contribution in [0.1, 0.15) is 10.5 Å². The van der Waals surface area contributed by atoms with Gasteiger partial charge in [0, 0.05) is 23.1 Å². The molecule has 7 heteroatoms. The standard InChI is InChI=1S/C10H6N2O4S/c13-10(14)8-5-17-9(11-8)6-1-3-7(4-2-6)12(15)16/h1-5H,(H,13,14). The zero-order chi connectivity index (χ0) is 12.4. The van der Waals surface area contributed by atoms with Crippen molar-refractivity contribution in [2.75, 3.05) is 0 Å². The normalized spacial score (nSPS) is 10.1. The summed E-state index contributed by atoms with van der Waals surface area (Å²) in [6.45, 7) is 0. The highest BCUT2D eigenvalue weighted by molar-refractivity contribution is 7.13. The highest BCUT2D eigenvalue weighted by atomic mass is 32.1. The number of carboxylic acids is 1. The minimum atomic E-state index is -1.09. The number of hydrogen-bond donors (Lipinski definition) is 1. The summed E-state index contributed by atoms with van der Waals surface area (Å²) in [6, 6.07) is 5.81. The van der Waals surface area contributed by atoms with E-state index < -0.39 is 10.9 Å². The molecule has 6 nitrogen and oxygen atoms in total. The zero-order valence-electron chi connectivity index (χ0n) is 8.36. The first-order chi connectivity index (χ1) is 8.08. The Morgan fingerprint density at radius 1 is 1.35 bits per heavy atom. The first-order valence-corrected chi connectivity index (χ1v) is 5.39. The molecule has 0 aliphatic rings. The number of nitro benzene ring substituents is 1. The molecule has 0 bridgehead atoms. The van der Waals surface area contributed by atoms with Crippen LogP contribution in [0.25, 0.3) is 10.6 Å². The maximum Gasteiger partial charge on any atom is 0.355 e. The molecule has 0 saturated heterocycles. The van der Waals surface area contributed by atoms with E-state index in [2.05, 4.69) is 4.98 Å². The molecule has 0 aliphatic carbocycles. The lowest BCUT2D eigenvalue weighted by atomic mass is 10.2. The smallest absolute Gasteiger partial charge is 0.355 e. The lowest BCUT2D eigenvalue weighted by Gasteiger charge is -1.95. The molecular formula is C10H6N2O4S. The number of non-ortho nitro benzene ring substituents is 1. The number of aromatic nitrogens is 1. The summed E-state index contributed by atoms with van der Waals surface area (Å²) in [5.41, 5.74) is 0.625. The van der Waals surface area contributed by atoms with Crippen molar-refractivity contribution in [3.05, 3.63) is 45.5 Å². The van der Waals surface area contributed by atoms with Crippen molar-refractivity contribution in [3.8, 4) is 10.6 Å². The van der Waals surface area contributed by atoms with Crippen LogP contribution in [0.15, 0.2) is 29.6 Å². The van der Waals surface area contributed by atoms with Gasteiger partial charge in [-0.05, 0) is 12.1 Å². The van der Waals surface area contributed by atoms with Crippen LogP contribution in [0.3, 0.4) is 0 Å². The van der Waals surface area contributed by atoms with Crippen LogP contribution in [0, 0.1) is 10.1 Å². The third-order valence-corrected chi connectivity index (χ3v) is 2.94. The Morgan fingerprint density at radius 3 is 2.47 bits per heavy atom. The van der Waals surface area contributed by atoms with Crippen LogP contribution in [0.5, 0.6) is 0 Å². The fraction of sp³-hybridized carbons (Fsp3) is 0. The van der Waals surface area contributed by atoms with E-state index >= 15 is 0 Å². The molecule has 0 unspecified atom stereocenters. The summed E-state index contributed by atoms with van der Waals surface area (Å²) in [7, 11) is 0. The Labute approximate surface area is 99.3 Å². The quantitative estimate of drug-likeness (QED) is 0.666. The summed E-state index contributed by atoms with van der Waals surface area (Å²) in [6.07, 6.45) is 0. The summed E-state index contributed by atoms with van der Waals surface area (Å²) < 4.78 is 0. The van der Waals surface area contributed by atoms with Gasteiger partial charge >= 0.3 is 5.97 Å². The minimum absolute atomic E-state index is 0.0104. The first kappa shape index (κ1) is 11.2. The van der Waals surface area contributed by atoms with E-state index in [9.17, 15) is 14.9 Å². The Hall–Kier alpha value is -2.28. The van der Waals surface area contributed by atoms with Crippen molar-refractivity contribution in [1.29, 1.82) is 0 Å². The monoisotopic (exact) mass is 250 g/mol. The van der Waals surface area contributed by atoms with Crippen LogP contribution in [-0.2, 0) is 0 Å². The topological polar surface area (TPSA) is 93.3 Å². The first-order valence-electron chi connectivity index (χ1n) is 4.51. The molecule has 1 aromatic carbocycles. The predicted octanol–water partition coefficient (Wildman–Crippen LogP) is 2.42. The molecule has 1 aromatic heterocycles. The molecule has 0 amide bonds. The number of aromatic carboxylic acids is 1. The van der Waals surface area contributed by atoms with E-state index in [1.165, 1.54) is 28.8 Å². The van der Waals surface area contributed by atoms with Gasteiger partial charge < -0.3 is 5.11 Å². The van der Waals surface area contributed by atoms with Gasteiger partial charge in [-0.15, -0.1) is 11.3 Å². The molecule has 0 radical (unpaired) electrons. The van der Waals surface area contributed by atoms with Gasteiger partial charge in [-0.2, -0.15) is 0 Å². The van der Waals surface area contributed by atoms with Crippen molar-refractivity contribution >= 4 is 23.0 Å². The van der Waals surface area contributed by atoms with Crippen LogP contribution >= 0.6 is 11.3 Å². The maximum absolute atomic E-state index is 10.6. The minimum Gasteiger partial charge on any atom is -0.476 e. The molecule has 1 N–H and O–H groups in total. The number of thiazole rings is 1. The molecule has 0 saturated carbocycles. The average Bonchev–Trinajstić information content (AvgIpc) is 2.78. The summed E-state index contributed by atoms with van der Waals surface area (Å²) in [4.78, 5) is 24.5. The van der Waals surface area contributed by atoms with Crippen molar-refractivity contribution in [2.24, 2.45) is 0 Å². The number of benzene rings is 1. The lowest BCUT2D eigenvalue weighted by Crippen LogP contribution is -1.95. The highest BCUT2D eigenvalue weighted by Gasteiger charge is 2.11. The molecule has 0 spiro atoms. The van der Waals surface area contributed by atoms with Crippen molar-refractivity contribution < 1.29 is 14.8 Å². The Kier molecular flexibility index (Phi) is 2.84. The fourth-order valence-corrected chi connectivity index (χ4v) is 2.03. The number of hydrogen-bond acceptors (Lipinski definition) is 5. The van der Waals surface area contributed by atoms with Crippen LogP contribution in [-0.4, -0.2) is 21.0 Å². The van der Waals surface area contributed by atoms with Gasteiger partial charge in [0.05, 0.1) is 4.92 Å². The third kappa shape index (κ3) is 2.28. The van der Waals surface area contributed by atoms with E-state index in [0.29, 0.717) is 10.6 Å². The van der Waals surface area contributed by atoms with Crippen molar-refractivity contribution in [2.45, 2.75) is 0 Å². The number of rotatable bonds is 3. The van der Waals surface area contributed by atoms with Gasteiger partial charge in [-0.3, -0.25) is 10.1 Å². The average molecular weight is 250 g/mol. The predicted molar refractivity (Wildman–Crippen MR) is 61.2 cm³/mol. The molecule has 17 heavy (non-hydrogen) atoms. The number of nitrogens with zero attached hydrogens (tertiary/aromatic N) is 2. The Bertz CT molecular complexity index is 576. The largest absolute Gasteiger partial charge is 0.476 e. The van der Waals surface area contributed by atoms with Crippen LogP contribution in [0.2, 0.25) is 0 Å². The molecular weight excluding hydrogens is 244 g/mol. The second kappa shape index (κ2) is 4.30. The van der Waals surface area contributed by atoms with E-state index in [1.807, 2.05) is 0 Å². The van der Waals surface area contributed by atoms with Crippen LogP contribution < -0.4 is 0 Å². The molecule has 2 rings (SSSR count). The highest BCUT2D eigenvalue weighted by Crippen LogP contribution is 2.25. The van der Waals surface area contributed by atoms with Crippen molar-refractivity contribution in [1.82, 2.24) is 4.98 Å². The van der Waals surface area contributed by atoms with Crippen LogP contribution in [0.4, 0.5) is 5.69 Å². The van der Waals surface area contributed by atoms with Gasteiger partial charge in [-0.25, -0.2) is 9.78 Å². The van der Waals surface area contributed by atoms with Gasteiger partial charge in [0.25, 0.3) is 5.69 Å². The van der Waals surface area contributed by atoms with Gasteiger partial charge in [0.15, 0.2) is 5.69 Å². The van der Waals surface area contributed by atoms with Gasteiger partial charge in [0.1, 0.15) is 5.01 Å². The Balaban J connectivity index is 2.33. The van der Waals surface area contributed by atoms with Gasteiger partial charge in [0.2, 0.25) is 0 Å². The SMILES string of the molecule is O=C(O)c1csc(-c2ccc([N+](=O)[O-])cc2)n1. The van der Waals surface area contributed by atoms with E-state index in [4.69, 9.17) is 5.11 Å². The fourth-order valence-electron chi connectivity index (χ4n) is 1.23. The molecule has 1 heterocycles. The van der Waals surface area contributed by atoms with Crippen molar-refractivity contribution in [3.63, 3.8) is 0 Å². The molecule has 0 aliphatic heterocycles. The Morgan fingerprint density at radius 2 is 2.00 bits per heavy atom. The maximum atomic E-state index is 10.6. The third-order valence-electron chi connectivity index (χ3n) is 2.05. The van der Waals surface area contributed by atoms with E-state index in [1.54, 1.807) is 12.1 Å².